The van der Waals surface area contributed by atoms with Crippen LogP contribution in [0.25, 0.3) is 21.5 Å². The number of allylic oxidation sites excluding steroid dienone is 5. The van der Waals surface area contributed by atoms with E-state index in [0.717, 1.165) is 35.0 Å². The van der Waals surface area contributed by atoms with Gasteiger partial charge in [0.2, 0.25) is 0 Å². The molecular formula is C20H20F2N3O2PS. The number of nitrogens with zero attached hydrogens (tertiary/aromatic N) is 1. The van der Waals surface area contributed by atoms with Crippen LogP contribution in [0.15, 0.2) is 70.1 Å². The number of rotatable bonds is 9. The zero-order valence-electron chi connectivity index (χ0n) is 15.5. The normalized spacial score (nSPS) is 12.4. The topological polar surface area (TPSA) is 70.9 Å². The van der Waals surface area contributed by atoms with E-state index in [0.29, 0.717) is 11.1 Å². The lowest BCUT2D eigenvalue weighted by atomic mass is 10.2. The molecule has 0 aliphatic heterocycles. The molecule has 29 heavy (non-hydrogen) atoms. The monoisotopic (exact) mass is 435 g/mol. The Hall–Kier alpha value is -2.57. The standard InChI is InChI=1S/C20H20F2N3O2PS/c1-13(20(21,22)28)7-5-3-2-4-6-10-23-18-24-12-17(29-18)14-8-9-15-16(11-14)27-19(26)25-15/h2-3,5,7-9,11-12H,1,4,6,10,28H2,(H,23,24)(H,25,26)/b3-2+,7-5-. The van der Waals surface area contributed by atoms with Crippen molar-refractivity contribution in [1.29, 1.82) is 0 Å². The lowest BCUT2D eigenvalue weighted by Gasteiger charge is -2.08. The molecule has 1 unspecified atom stereocenters. The zero-order valence-corrected chi connectivity index (χ0v) is 17.4. The number of thiazole rings is 1. The molecule has 1 atom stereocenters. The highest BCUT2D eigenvalue weighted by atomic mass is 32.1. The Morgan fingerprint density at radius 1 is 1.41 bits per heavy atom. The summed E-state index contributed by atoms with van der Waals surface area (Å²) in [7, 11) is 1.46. The molecule has 0 aliphatic carbocycles. The van der Waals surface area contributed by atoms with Crippen molar-refractivity contribution < 1.29 is 13.2 Å². The maximum Gasteiger partial charge on any atom is 0.417 e. The van der Waals surface area contributed by atoms with Gasteiger partial charge in [0.25, 0.3) is 5.66 Å². The second kappa shape index (κ2) is 9.29. The Kier molecular flexibility index (Phi) is 6.77. The van der Waals surface area contributed by atoms with Gasteiger partial charge < -0.3 is 9.73 Å². The van der Waals surface area contributed by atoms with Crippen LogP contribution in [0.2, 0.25) is 0 Å². The summed E-state index contributed by atoms with van der Waals surface area (Å²) in [4.78, 5) is 19.2. The molecule has 0 fully saturated rings. The van der Waals surface area contributed by atoms with E-state index < -0.39 is 11.4 Å². The lowest BCUT2D eigenvalue weighted by molar-refractivity contribution is 0.151. The first-order valence-electron chi connectivity index (χ1n) is 8.85. The van der Waals surface area contributed by atoms with E-state index in [2.05, 4.69) is 21.9 Å². The SMILES string of the molecule is C=C(/C=C\C=C\CCCNc1ncc(-c2ccc3[nH]c(=O)oc3c2)s1)C(F)(F)P. The third-order valence-electron chi connectivity index (χ3n) is 4.01. The summed E-state index contributed by atoms with van der Waals surface area (Å²) >= 11 is 1.51. The van der Waals surface area contributed by atoms with Crippen molar-refractivity contribution in [2.75, 3.05) is 11.9 Å². The van der Waals surface area contributed by atoms with Crippen LogP contribution in [-0.4, -0.2) is 22.2 Å². The number of halogens is 2. The molecule has 2 N–H and O–H groups in total. The van der Waals surface area contributed by atoms with Crippen LogP contribution in [0.3, 0.4) is 0 Å². The highest BCUT2D eigenvalue weighted by molar-refractivity contribution is 7.19. The maximum absolute atomic E-state index is 12.9. The van der Waals surface area contributed by atoms with E-state index in [1.165, 1.54) is 26.7 Å². The van der Waals surface area contributed by atoms with Crippen molar-refractivity contribution in [3.05, 3.63) is 71.4 Å². The van der Waals surface area contributed by atoms with Crippen LogP contribution in [0.1, 0.15) is 12.8 Å². The number of H-pyrrole nitrogens is 1. The summed E-state index contributed by atoms with van der Waals surface area (Å²) in [6, 6.07) is 5.52. The van der Waals surface area contributed by atoms with Gasteiger partial charge >= 0.3 is 5.76 Å². The minimum Gasteiger partial charge on any atom is -0.408 e. The van der Waals surface area contributed by atoms with E-state index in [1.54, 1.807) is 24.4 Å². The Balaban J connectivity index is 1.45. The van der Waals surface area contributed by atoms with E-state index in [9.17, 15) is 13.6 Å². The molecule has 0 saturated carbocycles. The van der Waals surface area contributed by atoms with Gasteiger partial charge in [-0.2, -0.15) is 8.78 Å². The molecule has 0 aliphatic rings. The molecule has 9 heteroatoms. The first-order chi connectivity index (χ1) is 13.8. The smallest absolute Gasteiger partial charge is 0.408 e. The van der Waals surface area contributed by atoms with Crippen molar-refractivity contribution in [3.63, 3.8) is 0 Å². The van der Waals surface area contributed by atoms with Gasteiger partial charge in [0.15, 0.2) is 10.7 Å². The molecule has 152 valence electrons. The van der Waals surface area contributed by atoms with Crippen molar-refractivity contribution in [2.24, 2.45) is 0 Å². The van der Waals surface area contributed by atoms with Gasteiger partial charge in [-0.05, 0) is 30.5 Å². The summed E-state index contributed by atoms with van der Waals surface area (Å²) in [6.07, 6.45) is 9.97. The molecule has 0 radical (unpaired) electrons. The van der Waals surface area contributed by atoms with E-state index in [4.69, 9.17) is 4.42 Å². The zero-order chi connectivity index (χ0) is 20.9. The molecular weight excluding hydrogens is 415 g/mol. The summed E-state index contributed by atoms with van der Waals surface area (Å²) in [5.74, 6) is -0.472. The van der Waals surface area contributed by atoms with Gasteiger partial charge in [0, 0.05) is 18.3 Å². The number of aromatic nitrogens is 2. The Labute approximate surface area is 172 Å². The molecule has 2 aromatic heterocycles. The molecule has 3 rings (SSSR count). The number of aromatic amines is 1. The van der Waals surface area contributed by atoms with Crippen molar-refractivity contribution in [1.82, 2.24) is 9.97 Å². The van der Waals surface area contributed by atoms with Crippen LogP contribution in [-0.2, 0) is 0 Å². The van der Waals surface area contributed by atoms with Gasteiger partial charge in [-0.3, -0.25) is 4.98 Å². The Bertz CT molecular complexity index is 1110. The number of benzene rings is 1. The quantitative estimate of drug-likeness (QED) is 0.262. The Morgan fingerprint density at radius 3 is 3.03 bits per heavy atom. The number of fused-ring (bicyclic) bond motifs is 1. The summed E-state index contributed by atoms with van der Waals surface area (Å²) < 4.78 is 30.9. The lowest BCUT2D eigenvalue weighted by Crippen LogP contribution is -2.05. The highest BCUT2D eigenvalue weighted by Gasteiger charge is 2.23. The first-order valence-corrected chi connectivity index (χ1v) is 10.2. The summed E-state index contributed by atoms with van der Waals surface area (Å²) in [6.45, 7) is 4.06. The predicted octanol–water partition coefficient (Wildman–Crippen LogP) is 5.57. The largest absolute Gasteiger partial charge is 0.417 e. The fraction of sp³-hybridized carbons (Fsp3) is 0.200. The third kappa shape index (κ3) is 5.95. The second-order valence-corrected chi connectivity index (χ2v) is 8.02. The third-order valence-corrected chi connectivity index (χ3v) is 5.38. The molecule has 2 heterocycles. The van der Waals surface area contributed by atoms with E-state index in [1.807, 2.05) is 18.2 Å². The van der Waals surface area contributed by atoms with Crippen molar-refractivity contribution in [2.45, 2.75) is 18.5 Å². The van der Waals surface area contributed by atoms with E-state index >= 15 is 0 Å². The predicted molar refractivity (Wildman–Crippen MR) is 118 cm³/mol. The van der Waals surface area contributed by atoms with Crippen LogP contribution >= 0.6 is 20.6 Å². The van der Waals surface area contributed by atoms with Gasteiger partial charge in [0.05, 0.1) is 10.4 Å². The fourth-order valence-electron chi connectivity index (χ4n) is 2.46. The summed E-state index contributed by atoms with van der Waals surface area (Å²) in [5.41, 5.74) is -1.11. The van der Waals surface area contributed by atoms with Gasteiger partial charge in [-0.15, -0.1) is 0 Å². The number of hydrogen-bond acceptors (Lipinski definition) is 5. The van der Waals surface area contributed by atoms with Crippen LogP contribution in [0, 0.1) is 0 Å². The fourth-order valence-corrected chi connectivity index (χ4v) is 3.40. The minimum absolute atomic E-state index is 0.244. The molecule has 5 nitrogen and oxygen atoms in total. The minimum atomic E-state index is -2.97. The van der Waals surface area contributed by atoms with Gasteiger partial charge in [-0.1, -0.05) is 57.5 Å². The van der Waals surface area contributed by atoms with E-state index in [-0.39, 0.29) is 5.57 Å². The maximum atomic E-state index is 12.9. The molecule has 0 amide bonds. The number of oxazole rings is 1. The number of unbranched alkanes of at least 4 members (excludes halogenated alkanes) is 1. The van der Waals surface area contributed by atoms with Gasteiger partial charge in [0.1, 0.15) is 0 Å². The first kappa shape index (κ1) is 21.1. The van der Waals surface area contributed by atoms with Crippen molar-refractivity contribution in [3.8, 4) is 10.4 Å². The van der Waals surface area contributed by atoms with Crippen molar-refractivity contribution >= 4 is 36.8 Å². The number of alkyl halides is 2. The molecule has 3 aromatic rings. The molecule has 0 spiro atoms. The number of hydrogen-bond donors (Lipinski definition) is 2. The highest BCUT2D eigenvalue weighted by Crippen LogP contribution is 2.31. The average molecular weight is 435 g/mol. The van der Waals surface area contributed by atoms with Crippen LogP contribution < -0.4 is 11.1 Å². The molecule has 0 saturated heterocycles. The number of anilines is 1. The molecule has 0 bridgehead atoms. The van der Waals surface area contributed by atoms with Crippen LogP contribution in [0.4, 0.5) is 13.9 Å². The Morgan fingerprint density at radius 2 is 2.24 bits per heavy atom. The number of nitrogens with one attached hydrogen (secondary N) is 2. The second-order valence-electron chi connectivity index (χ2n) is 6.26. The van der Waals surface area contributed by atoms with Gasteiger partial charge in [-0.25, -0.2) is 9.78 Å². The molecule has 1 aromatic carbocycles. The van der Waals surface area contributed by atoms with Crippen LogP contribution in [0.5, 0.6) is 0 Å². The summed E-state index contributed by atoms with van der Waals surface area (Å²) in [5, 5.41) is 4.07. The average Bonchev–Trinajstić information content (AvgIpc) is 3.27.